The van der Waals surface area contributed by atoms with E-state index in [1.54, 1.807) is 0 Å². The standard InChI is InChI=1S/C31H38O16/c1-14-24(38)25(39)26(40)31(44-14)47-29-27(41)30(42-10-9-17-4-7-19(34)21(36)12-17)45-22(13-43-15(2)32)28(29)46-23(37)8-5-16-3-6-18(33)20(35)11-16/h3-8,11-12,14,22,24-31,33-36,38-41H,9-10,13H2,1-2H3/b8-5+. The summed E-state index contributed by atoms with van der Waals surface area (Å²) in [5, 5.41) is 81.0. The Morgan fingerprint density at radius 1 is 0.809 bits per heavy atom. The molecule has 2 aromatic carbocycles. The first-order valence-corrected chi connectivity index (χ1v) is 14.6. The van der Waals surface area contributed by atoms with Gasteiger partial charge in [0.1, 0.15) is 43.2 Å². The van der Waals surface area contributed by atoms with E-state index in [2.05, 4.69) is 0 Å². The predicted molar refractivity (Wildman–Crippen MR) is 157 cm³/mol. The molecule has 258 valence electrons. The van der Waals surface area contributed by atoms with Crippen LogP contribution in [0.5, 0.6) is 23.0 Å². The fourth-order valence-electron chi connectivity index (χ4n) is 4.94. The number of carbonyl (C=O) groups is 2. The van der Waals surface area contributed by atoms with Crippen molar-refractivity contribution in [2.75, 3.05) is 13.2 Å². The second-order valence-electron chi connectivity index (χ2n) is 11.0. The SMILES string of the molecule is CC(=O)OCC1OC(OCCc2ccc(O)c(O)c2)C(O)C(OC2OC(C)C(O)C(O)C2O)C1OC(=O)/C=C/c1ccc(O)c(O)c1. The van der Waals surface area contributed by atoms with Crippen LogP contribution in [0.2, 0.25) is 0 Å². The highest BCUT2D eigenvalue weighted by Crippen LogP contribution is 2.32. The second kappa shape index (κ2) is 15.7. The van der Waals surface area contributed by atoms with Crippen LogP contribution in [-0.4, -0.2) is 127 Å². The van der Waals surface area contributed by atoms with Gasteiger partial charge in [0.15, 0.2) is 41.7 Å². The number of aliphatic hydroxyl groups excluding tert-OH is 4. The highest BCUT2D eigenvalue weighted by molar-refractivity contribution is 5.87. The lowest BCUT2D eigenvalue weighted by Crippen LogP contribution is -2.65. The third-order valence-corrected chi connectivity index (χ3v) is 7.54. The summed E-state index contributed by atoms with van der Waals surface area (Å²) in [5.41, 5.74) is 0.882. The third-order valence-electron chi connectivity index (χ3n) is 7.54. The summed E-state index contributed by atoms with van der Waals surface area (Å²) in [6.07, 6.45) is -12.9. The van der Waals surface area contributed by atoms with Crippen LogP contribution < -0.4 is 0 Å². The number of phenolic OH excluding ortho intramolecular Hbond substituents is 4. The molecule has 47 heavy (non-hydrogen) atoms. The normalized spacial score (nSPS) is 31.0. The predicted octanol–water partition coefficient (Wildman–Crippen LogP) is -0.445. The molecule has 2 heterocycles. The molecule has 0 bridgehead atoms. The van der Waals surface area contributed by atoms with E-state index < -0.39 is 85.7 Å². The molecule has 4 rings (SSSR count). The molecule has 0 aromatic heterocycles. The summed E-state index contributed by atoms with van der Waals surface area (Å²) in [6.45, 7) is 1.93. The largest absolute Gasteiger partial charge is 0.504 e. The molecule has 0 aliphatic carbocycles. The molecule has 16 nitrogen and oxygen atoms in total. The van der Waals surface area contributed by atoms with E-state index in [-0.39, 0.29) is 30.3 Å². The van der Waals surface area contributed by atoms with Gasteiger partial charge in [-0.25, -0.2) is 4.79 Å². The first-order chi connectivity index (χ1) is 22.2. The van der Waals surface area contributed by atoms with Crippen LogP contribution in [0.3, 0.4) is 0 Å². The molecule has 0 spiro atoms. The number of aromatic hydroxyl groups is 4. The maximum Gasteiger partial charge on any atom is 0.331 e. The van der Waals surface area contributed by atoms with Crippen LogP contribution >= 0.6 is 0 Å². The fraction of sp³-hybridized carbons (Fsp3) is 0.484. The van der Waals surface area contributed by atoms with Crippen molar-refractivity contribution >= 4 is 18.0 Å². The van der Waals surface area contributed by atoms with Crippen LogP contribution in [0.25, 0.3) is 6.08 Å². The topological polar surface area (TPSA) is 251 Å². The maximum absolute atomic E-state index is 13.0. The minimum Gasteiger partial charge on any atom is -0.504 e. The van der Waals surface area contributed by atoms with Crippen LogP contribution in [0.15, 0.2) is 42.5 Å². The van der Waals surface area contributed by atoms with Crippen molar-refractivity contribution in [1.29, 1.82) is 0 Å². The number of carbonyl (C=O) groups excluding carboxylic acids is 2. The number of esters is 2. The molecular weight excluding hydrogens is 628 g/mol. The van der Waals surface area contributed by atoms with E-state index in [0.29, 0.717) is 11.1 Å². The Morgan fingerprint density at radius 2 is 1.49 bits per heavy atom. The minimum atomic E-state index is -1.80. The number of rotatable bonds is 11. The molecule has 0 radical (unpaired) electrons. The molecule has 2 aliphatic heterocycles. The Balaban J connectivity index is 1.58. The van der Waals surface area contributed by atoms with E-state index in [0.717, 1.165) is 13.0 Å². The van der Waals surface area contributed by atoms with Crippen molar-refractivity contribution in [1.82, 2.24) is 0 Å². The quantitative estimate of drug-likeness (QED) is 0.0859. The van der Waals surface area contributed by atoms with Gasteiger partial charge in [-0.1, -0.05) is 12.1 Å². The third kappa shape index (κ3) is 9.09. The lowest BCUT2D eigenvalue weighted by molar-refractivity contribution is -0.357. The zero-order valence-electron chi connectivity index (χ0n) is 25.4. The van der Waals surface area contributed by atoms with E-state index in [1.165, 1.54) is 49.4 Å². The summed E-state index contributed by atoms with van der Waals surface area (Å²) in [6, 6.07) is 7.94. The lowest BCUT2D eigenvalue weighted by atomic mass is 9.97. The van der Waals surface area contributed by atoms with Crippen molar-refractivity contribution in [2.45, 2.75) is 81.7 Å². The average molecular weight is 667 g/mol. The van der Waals surface area contributed by atoms with E-state index in [9.17, 15) is 50.4 Å². The number of hydrogen-bond acceptors (Lipinski definition) is 16. The average Bonchev–Trinajstić information content (AvgIpc) is 3.02. The molecule has 2 saturated heterocycles. The molecule has 2 aromatic rings. The number of ether oxygens (including phenoxy) is 6. The van der Waals surface area contributed by atoms with Gasteiger partial charge in [0.05, 0.1) is 12.7 Å². The van der Waals surface area contributed by atoms with Gasteiger partial charge in [-0.2, -0.15) is 0 Å². The van der Waals surface area contributed by atoms with Gasteiger partial charge in [-0.3, -0.25) is 4.79 Å². The van der Waals surface area contributed by atoms with E-state index in [4.69, 9.17) is 28.4 Å². The molecule has 10 unspecified atom stereocenters. The smallest absolute Gasteiger partial charge is 0.331 e. The second-order valence-corrected chi connectivity index (χ2v) is 11.0. The van der Waals surface area contributed by atoms with Crippen LogP contribution in [0.1, 0.15) is 25.0 Å². The number of benzene rings is 2. The highest BCUT2D eigenvalue weighted by Gasteiger charge is 2.52. The van der Waals surface area contributed by atoms with Gasteiger partial charge in [0, 0.05) is 13.0 Å². The first kappa shape index (κ1) is 35.8. The number of aliphatic hydroxyl groups is 4. The Bertz CT molecular complexity index is 1410. The van der Waals surface area contributed by atoms with Gasteiger partial charge < -0.3 is 69.3 Å². The summed E-state index contributed by atoms with van der Waals surface area (Å²) < 4.78 is 33.8. The summed E-state index contributed by atoms with van der Waals surface area (Å²) >= 11 is 0. The molecule has 16 heteroatoms. The van der Waals surface area contributed by atoms with Gasteiger partial charge in [0.25, 0.3) is 0 Å². The molecule has 8 N–H and O–H groups in total. The first-order valence-electron chi connectivity index (χ1n) is 14.6. The molecular formula is C31H38O16. The van der Waals surface area contributed by atoms with Crippen molar-refractivity contribution in [3.63, 3.8) is 0 Å². The molecule has 2 fully saturated rings. The lowest BCUT2D eigenvalue weighted by Gasteiger charge is -2.46. The van der Waals surface area contributed by atoms with Crippen molar-refractivity contribution in [3.05, 3.63) is 53.6 Å². The van der Waals surface area contributed by atoms with Crippen LogP contribution in [0, 0.1) is 0 Å². The monoisotopic (exact) mass is 666 g/mol. The van der Waals surface area contributed by atoms with Crippen LogP contribution in [-0.2, 0) is 44.4 Å². The Hall–Kier alpha value is -4.00. The van der Waals surface area contributed by atoms with Crippen molar-refractivity contribution in [2.24, 2.45) is 0 Å². The highest BCUT2D eigenvalue weighted by atomic mass is 16.7. The van der Waals surface area contributed by atoms with E-state index in [1.807, 2.05) is 0 Å². The zero-order valence-corrected chi connectivity index (χ0v) is 25.4. The maximum atomic E-state index is 13.0. The minimum absolute atomic E-state index is 0.101. The molecule has 0 saturated carbocycles. The van der Waals surface area contributed by atoms with Gasteiger partial charge in [-0.05, 0) is 54.8 Å². The summed E-state index contributed by atoms with van der Waals surface area (Å²) in [5.74, 6) is -3.18. The van der Waals surface area contributed by atoms with Gasteiger partial charge in [-0.15, -0.1) is 0 Å². The molecule has 10 atom stereocenters. The Kier molecular flexibility index (Phi) is 12.0. The van der Waals surface area contributed by atoms with Gasteiger partial charge >= 0.3 is 11.9 Å². The summed E-state index contributed by atoms with van der Waals surface area (Å²) in [4.78, 5) is 24.7. The summed E-state index contributed by atoms with van der Waals surface area (Å²) in [7, 11) is 0. The van der Waals surface area contributed by atoms with E-state index >= 15 is 0 Å². The molecule has 2 aliphatic rings. The fourth-order valence-corrected chi connectivity index (χ4v) is 4.94. The van der Waals surface area contributed by atoms with Gasteiger partial charge in [0.2, 0.25) is 0 Å². The van der Waals surface area contributed by atoms with Crippen molar-refractivity contribution in [3.8, 4) is 23.0 Å². The number of hydrogen-bond donors (Lipinski definition) is 8. The molecule has 0 amide bonds. The Labute approximate surface area is 268 Å². The Morgan fingerprint density at radius 3 is 2.15 bits per heavy atom. The number of phenols is 4. The van der Waals surface area contributed by atoms with Crippen LogP contribution in [0.4, 0.5) is 0 Å². The van der Waals surface area contributed by atoms with Crippen molar-refractivity contribution < 1.29 is 78.9 Å². The zero-order chi connectivity index (χ0) is 34.4.